The number of hydrogen-bond acceptors (Lipinski definition) is 3. The summed E-state index contributed by atoms with van der Waals surface area (Å²) in [5, 5.41) is 11.9. The Hall–Kier alpha value is -1.62. The largest absolute Gasteiger partial charge is 0.293 e. The van der Waals surface area contributed by atoms with Crippen LogP contribution in [0.3, 0.4) is 0 Å². The van der Waals surface area contributed by atoms with E-state index in [9.17, 15) is 0 Å². The van der Waals surface area contributed by atoms with Gasteiger partial charge in [-0.15, -0.1) is 0 Å². The first-order valence-corrected chi connectivity index (χ1v) is 6.66. The van der Waals surface area contributed by atoms with Gasteiger partial charge >= 0.3 is 0 Å². The Kier molecular flexibility index (Phi) is 2.26. The molecule has 1 N–H and O–H groups in total. The number of aryl methyl sites for hydroxylation is 1. The standard InChI is InChI=1S/C13H17N5/c1-3-11-12(4-1)15-16-13(11)9-17-7-10(8-17)18-6-2-5-14-18/h2,5-6,10H,1,3-4,7-9H2,(H,15,16). The van der Waals surface area contributed by atoms with Gasteiger partial charge in [0, 0.05) is 37.7 Å². The summed E-state index contributed by atoms with van der Waals surface area (Å²) in [4.78, 5) is 2.45. The van der Waals surface area contributed by atoms with E-state index in [0.717, 1.165) is 19.6 Å². The van der Waals surface area contributed by atoms with Crippen LogP contribution in [0.4, 0.5) is 0 Å². The highest BCUT2D eigenvalue weighted by atomic mass is 15.4. The molecule has 1 aliphatic heterocycles. The summed E-state index contributed by atoms with van der Waals surface area (Å²) in [5.41, 5.74) is 4.12. The molecule has 0 aromatic carbocycles. The first-order valence-electron chi connectivity index (χ1n) is 6.66. The molecule has 2 aliphatic rings. The van der Waals surface area contributed by atoms with E-state index < -0.39 is 0 Å². The van der Waals surface area contributed by atoms with Crippen molar-refractivity contribution in [3.8, 4) is 0 Å². The lowest BCUT2D eigenvalue weighted by Gasteiger charge is -2.38. The second kappa shape index (κ2) is 3.95. The molecule has 2 aromatic heterocycles. The molecule has 0 amide bonds. The molecule has 1 fully saturated rings. The Bertz CT molecular complexity index is 536. The number of aromatic amines is 1. The van der Waals surface area contributed by atoms with Crippen LogP contribution in [0.2, 0.25) is 0 Å². The monoisotopic (exact) mass is 243 g/mol. The summed E-state index contributed by atoms with van der Waals surface area (Å²) in [6.45, 7) is 3.16. The summed E-state index contributed by atoms with van der Waals surface area (Å²) >= 11 is 0. The van der Waals surface area contributed by atoms with Gasteiger partial charge < -0.3 is 0 Å². The highest BCUT2D eigenvalue weighted by Gasteiger charge is 2.30. The molecular formula is C13H17N5. The van der Waals surface area contributed by atoms with E-state index >= 15 is 0 Å². The third-order valence-corrected chi connectivity index (χ3v) is 4.10. The average Bonchev–Trinajstić information content (AvgIpc) is 3.01. The summed E-state index contributed by atoms with van der Waals surface area (Å²) in [6, 6.07) is 2.54. The predicted octanol–water partition coefficient (Wildman–Crippen LogP) is 1.15. The van der Waals surface area contributed by atoms with Crippen LogP contribution in [0.25, 0.3) is 0 Å². The maximum atomic E-state index is 4.46. The summed E-state index contributed by atoms with van der Waals surface area (Å²) < 4.78 is 2.06. The molecule has 5 nitrogen and oxygen atoms in total. The van der Waals surface area contributed by atoms with Gasteiger partial charge in [-0.2, -0.15) is 10.2 Å². The van der Waals surface area contributed by atoms with E-state index in [2.05, 4.69) is 24.9 Å². The number of aromatic nitrogens is 4. The van der Waals surface area contributed by atoms with Crippen LogP contribution in [0.1, 0.15) is 29.4 Å². The lowest BCUT2D eigenvalue weighted by Crippen LogP contribution is -2.47. The number of likely N-dealkylation sites (tertiary alicyclic amines) is 1. The first-order chi connectivity index (χ1) is 8.90. The SMILES string of the molecule is c1cnn(C2CN(Cc3n[nH]c4c3CCC4)C2)c1. The van der Waals surface area contributed by atoms with Crippen molar-refractivity contribution in [3.05, 3.63) is 35.4 Å². The number of H-pyrrole nitrogens is 1. The molecule has 0 unspecified atom stereocenters. The number of nitrogens with zero attached hydrogens (tertiary/aromatic N) is 4. The second-order valence-corrected chi connectivity index (χ2v) is 5.31. The van der Waals surface area contributed by atoms with Crippen LogP contribution in [0.5, 0.6) is 0 Å². The van der Waals surface area contributed by atoms with Crippen molar-refractivity contribution in [1.82, 2.24) is 24.9 Å². The minimum absolute atomic E-state index is 0.548. The molecule has 0 spiro atoms. The minimum Gasteiger partial charge on any atom is -0.293 e. The third-order valence-electron chi connectivity index (χ3n) is 4.10. The van der Waals surface area contributed by atoms with Crippen LogP contribution in [0.15, 0.2) is 18.5 Å². The Balaban J connectivity index is 1.40. The van der Waals surface area contributed by atoms with Crippen LogP contribution in [-0.4, -0.2) is 38.0 Å². The molecule has 3 heterocycles. The van der Waals surface area contributed by atoms with E-state index in [1.54, 1.807) is 0 Å². The Morgan fingerprint density at radius 1 is 1.33 bits per heavy atom. The molecule has 0 bridgehead atoms. The quantitative estimate of drug-likeness (QED) is 0.880. The third kappa shape index (κ3) is 1.58. The van der Waals surface area contributed by atoms with Crippen molar-refractivity contribution in [2.24, 2.45) is 0 Å². The van der Waals surface area contributed by atoms with E-state index in [0.29, 0.717) is 6.04 Å². The van der Waals surface area contributed by atoms with Crippen molar-refractivity contribution < 1.29 is 0 Å². The molecule has 4 rings (SSSR count). The van der Waals surface area contributed by atoms with Gasteiger partial charge in [0.2, 0.25) is 0 Å². The number of rotatable bonds is 3. The molecule has 0 saturated carbocycles. The summed E-state index contributed by atoms with van der Waals surface area (Å²) in [7, 11) is 0. The smallest absolute Gasteiger partial charge is 0.0797 e. The molecule has 94 valence electrons. The summed E-state index contributed by atoms with van der Waals surface area (Å²) in [6.07, 6.45) is 7.57. The van der Waals surface area contributed by atoms with Crippen LogP contribution in [0, 0.1) is 0 Å². The van der Waals surface area contributed by atoms with Gasteiger partial charge in [0.15, 0.2) is 0 Å². The minimum atomic E-state index is 0.548. The maximum absolute atomic E-state index is 4.46. The van der Waals surface area contributed by atoms with E-state index in [-0.39, 0.29) is 0 Å². The zero-order valence-electron chi connectivity index (χ0n) is 10.3. The van der Waals surface area contributed by atoms with E-state index in [1.165, 1.54) is 36.2 Å². The summed E-state index contributed by atoms with van der Waals surface area (Å²) in [5.74, 6) is 0. The molecule has 2 aromatic rings. The highest BCUT2D eigenvalue weighted by Crippen LogP contribution is 2.27. The van der Waals surface area contributed by atoms with Crippen LogP contribution < -0.4 is 0 Å². The van der Waals surface area contributed by atoms with Crippen molar-refractivity contribution in [2.75, 3.05) is 13.1 Å². The Morgan fingerprint density at radius 3 is 3.11 bits per heavy atom. The number of fused-ring (bicyclic) bond motifs is 1. The molecule has 0 radical (unpaired) electrons. The van der Waals surface area contributed by atoms with Crippen molar-refractivity contribution >= 4 is 0 Å². The zero-order valence-corrected chi connectivity index (χ0v) is 10.3. The molecule has 1 aliphatic carbocycles. The normalized spacial score (nSPS) is 20.0. The topological polar surface area (TPSA) is 49.7 Å². The Morgan fingerprint density at radius 2 is 2.28 bits per heavy atom. The van der Waals surface area contributed by atoms with Gasteiger partial charge in [-0.1, -0.05) is 0 Å². The van der Waals surface area contributed by atoms with Gasteiger partial charge in [-0.3, -0.25) is 14.7 Å². The second-order valence-electron chi connectivity index (χ2n) is 5.31. The lowest BCUT2D eigenvalue weighted by atomic mass is 10.1. The van der Waals surface area contributed by atoms with E-state index in [4.69, 9.17) is 0 Å². The van der Waals surface area contributed by atoms with Gasteiger partial charge in [-0.25, -0.2) is 0 Å². The fourth-order valence-electron chi connectivity index (χ4n) is 3.07. The van der Waals surface area contributed by atoms with Gasteiger partial charge in [0.25, 0.3) is 0 Å². The number of hydrogen-bond donors (Lipinski definition) is 1. The van der Waals surface area contributed by atoms with Crippen LogP contribution >= 0.6 is 0 Å². The van der Waals surface area contributed by atoms with Crippen LogP contribution in [-0.2, 0) is 19.4 Å². The average molecular weight is 243 g/mol. The lowest BCUT2D eigenvalue weighted by molar-refractivity contribution is 0.0893. The predicted molar refractivity (Wildman–Crippen MR) is 67.2 cm³/mol. The zero-order chi connectivity index (χ0) is 11.9. The maximum Gasteiger partial charge on any atom is 0.0797 e. The van der Waals surface area contributed by atoms with Crippen molar-refractivity contribution in [3.63, 3.8) is 0 Å². The van der Waals surface area contributed by atoms with Gasteiger partial charge in [0.05, 0.1) is 11.7 Å². The molecule has 5 heteroatoms. The van der Waals surface area contributed by atoms with E-state index in [1.807, 2.05) is 18.5 Å². The fourth-order valence-corrected chi connectivity index (χ4v) is 3.07. The Labute approximate surface area is 106 Å². The van der Waals surface area contributed by atoms with Crippen molar-refractivity contribution in [2.45, 2.75) is 31.8 Å². The van der Waals surface area contributed by atoms with Gasteiger partial charge in [-0.05, 0) is 30.9 Å². The highest BCUT2D eigenvalue weighted by molar-refractivity contribution is 5.29. The fraction of sp³-hybridized carbons (Fsp3) is 0.538. The molecule has 0 atom stereocenters. The molecule has 18 heavy (non-hydrogen) atoms. The molecular weight excluding hydrogens is 226 g/mol. The molecule has 1 saturated heterocycles. The van der Waals surface area contributed by atoms with Gasteiger partial charge in [0.1, 0.15) is 0 Å². The first kappa shape index (κ1) is 10.3. The number of nitrogens with one attached hydrogen (secondary N) is 1. The van der Waals surface area contributed by atoms with Crippen molar-refractivity contribution in [1.29, 1.82) is 0 Å².